The van der Waals surface area contributed by atoms with Gasteiger partial charge in [0.1, 0.15) is 5.60 Å². The van der Waals surface area contributed by atoms with E-state index in [1.54, 1.807) is 41.5 Å². The second-order valence-electron chi connectivity index (χ2n) is 5.84. The average molecular weight is 310 g/mol. The summed E-state index contributed by atoms with van der Waals surface area (Å²) in [6.45, 7) is 10.0. The minimum atomic E-state index is -4.49. The lowest BCUT2D eigenvalue weighted by Crippen LogP contribution is -2.48. The van der Waals surface area contributed by atoms with Gasteiger partial charge >= 0.3 is 13.3 Å². The summed E-state index contributed by atoms with van der Waals surface area (Å²) in [5, 5.41) is 0. The molecule has 0 aromatic heterocycles. The highest BCUT2D eigenvalue weighted by Crippen LogP contribution is 2.49. The lowest BCUT2D eigenvalue weighted by Gasteiger charge is -2.34. The van der Waals surface area contributed by atoms with Gasteiger partial charge in [0, 0.05) is 0 Å². The Morgan fingerprint density at radius 1 is 1.20 bits per heavy atom. The van der Waals surface area contributed by atoms with Gasteiger partial charge in [-0.25, -0.2) is 9.36 Å². The number of ether oxygens (including phenoxy) is 3. The van der Waals surface area contributed by atoms with Gasteiger partial charge in [0.2, 0.25) is 0 Å². The average Bonchev–Trinajstić information content (AvgIpc) is 2.41. The molecule has 1 rings (SSSR count). The molecule has 8 heteroatoms. The summed E-state index contributed by atoms with van der Waals surface area (Å²) in [6.07, 6.45) is 0. The van der Waals surface area contributed by atoms with Crippen LogP contribution in [0.15, 0.2) is 0 Å². The van der Waals surface area contributed by atoms with Crippen molar-refractivity contribution >= 4 is 13.3 Å². The fraction of sp³-hybridized carbons (Fsp3) is 0.917. The Morgan fingerprint density at radius 2 is 1.75 bits per heavy atom. The zero-order valence-corrected chi connectivity index (χ0v) is 13.7. The van der Waals surface area contributed by atoms with Gasteiger partial charge in [0.25, 0.3) is 0 Å². The van der Waals surface area contributed by atoms with Crippen LogP contribution in [0.4, 0.5) is 4.79 Å². The van der Waals surface area contributed by atoms with Crippen LogP contribution in [0.3, 0.4) is 0 Å². The van der Waals surface area contributed by atoms with Crippen molar-refractivity contribution in [2.75, 3.05) is 13.2 Å². The third-order valence-electron chi connectivity index (χ3n) is 3.26. The van der Waals surface area contributed by atoms with Gasteiger partial charge in [-0.05, 0) is 41.5 Å². The lowest BCUT2D eigenvalue weighted by atomic mass is 9.89. The zero-order chi connectivity index (χ0) is 15.8. The van der Waals surface area contributed by atoms with E-state index < -0.39 is 30.3 Å². The molecule has 0 aromatic carbocycles. The first-order chi connectivity index (χ1) is 8.85. The topological polar surface area (TPSA) is 91.3 Å². The summed E-state index contributed by atoms with van der Waals surface area (Å²) < 4.78 is 32.6. The highest BCUT2D eigenvalue weighted by molar-refractivity contribution is 7.70. The second kappa shape index (κ2) is 5.39. The van der Waals surface area contributed by atoms with Gasteiger partial charge in [-0.3, -0.25) is 4.52 Å². The van der Waals surface area contributed by atoms with Gasteiger partial charge in [0.05, 0.1) is 18.8 Å². The first-order valence-corrected chi connectivity index (χ1v) is 7.98. The van der Waals surface area contributed by atoms with Crippen LogP contribution in [0.1, 0.15) is 41.5 Å². The summed E-state index contributed by atoms with van der Waals surface area (Å²) >= 11 is 0. The minimum Gasteiger partial charge on any atom is -0.457 e. The van der Waals surface area contributed by atoms with Crippen molar-refractivity contribution in [2.24, 2.45) is 0 Å². The van der Waals surface area contributed by atoms with Crippen molar-refractivity contribution in [1.29, 1.82) is 0 Å². The molecular weight excluding hydrogens is 287 g/mol. The first-order valence-electron chi connectivity index (χ1n) is 6.40. The second-order valence-corrected chi connectivity index (χ2v) is 7.50. The quantitative estimate of drug-likeness (QED) is 0.780. The van der Waals surface area contributed by atoms with Crippen LogP contribution < -0.4 is 0 Å². The number of carbonyl (C=O) groups is 1. The van der Waals surface area contributed by atoms with Crippen molar-refractivity contribution in [3.8, 4) is 0 Å². The Morgan fingerprint density at radius 3 is 2.15 bits per heavy atom. The van der Waals surface area contributed by atoms with Crippen LogP contribution in [0.2, 0.25) is 0 Å². The maximum Gasteiger partial charge on any atom is 0.435 e. The van der Waals surface area contributed by atoms with E-state index in [-0.39, 0.29) is 13.2 Å². The molecule has 7 nitrogen and oxygen atoms in total. The van der Waals surface area contributed by atoms with Crippen molar-refractivity contribution in [1.82, 2.24) is 0 Å². The van der Waals surface area contributed by atoms with E-state index in [1.807, 2.05) is 0 Å². The molecule has 0 spiro atoms. The molecule has 1 aliphatic heterocycles. The van der Waals surface area contributed by atoms with Crippen molar-refractivity contribution in [3.05, 3.63) is 0 Å². The van der Waals surface area contributed by atoms with Crippen LogP contribution in [-0.4, -0.2) is 40.8 Å². The summed E-state index contributed by atoms with van der Waals surface area (Å²) in [5.41, 5.74) is -2.98. The van der Waals surface area contributed by atoms with E-state index in [0.29, 0.717) is 0 Å². The van der Waals surface area contributed by atoms with Crippen LogP contribution in [-0.2, 0) is 23.3 Å². The SMILES string of the molecule is CCOC(=O)P(=O)(O)OCC1(C)OC(C)(C)OC1(C)C. The molecule has 0 bridgehead atoms. The number of hydrogen-bond acceptors (Lipinski definition) is 6. The van der Waals surface area contributed by atoms with Gasteiger partial charge < -0.3 is 19.1 Å². The zero-order valence-electron chi connectivity index (χ0n) is 12.8. The highest BCUT2D eigenvalue weighted by atomic mass is 31.2. The Bertz CT molecular complexity index is 432. The molecule has 1 fully saturated rings. The maximum atomic E-state index is 11.7. The van der Waals surface area contributed by atoms with E-state index in [1.165, 1.54) is 0 Å². The van der Waals surface area contributed by atoms with Gasteiger partial charge in [-0.15, -0.1) is 0 Å². The summed E-state index contributed by atoms with van der Waals surface area (Å²) in [7, 11) is -4.49. The molecular formula is C12H23O7P. The third kappa shape index (κ3) is 3.59. The molecule has 118 valence electrons. The molecule has 1 heterocycles. The van der Waals surface area contributed by atoms with E-state index in [4.69, 9.17) is 14.0 Å². The molecule has 2 atom stereocenters. The molecule has 20 heavy (non-hydrogen) atoms. The Balaban J connectivity index is 2.79. The molecule has 0 radical (unpaired) electrons. The number of hydrogen-bond donors (Lipinski definition) is 1. The molecule has 1 saturated heterocycles. The fourth-order valence-electron chi connectivity index (χ4n) is 2.08. The predicted molar refractivity (Wildman–Crippen MR) is 71.5 cm³/mol. The lowest BCUT2D eigenvalue weighted by molar-refractivity contribution is -0.168. The highest BCUT2D eigenvalue weighted by Gasteiger charge is 2.57. The Labute approximate surface area is 119 Å². The van der Waals surface area contributed by atoms with Crippen LogP contribution in [0, 0.1) is 0 Å². The normalized spacial score (nSPS) is 30.8. The van der Waals surface area contributed by atoms with Crippen LogP contribution >= 0.6 is 7.60 Å². The summed E-state index contributed by atoms with van der Waals surface area (Å²) in [4.78, 5) is 20.9. The van der Waals surface area contributed by atoms with Gasteiger partial charge in [-0.1, -0.05) is 0 Å². The molecule has 0 aliphatic carbocycles. The minimum absolute atomic E-state index is 0.00213. The monoisotopic (exact) mass is 310 g/mol. The first kappa shape index (κ1) is 17.6. The van der Waals surface area contributed by atoms with Crippen molar-refractivity contribution in [2.45, 2.75) is 58.5 Å². The fourth-order valence-corrected chi connectivity index (χ4v) is 2.90. The maximum absolute atomic E-state index is 11.7. The van der Waals surface area contributed by atoms with E-state index in [2.05, 4.69) is 4.74 Å². The summed E-state index contributed by atoms with van der Waals surface area (Å²) in [6, 6.07) is 0. The molecule has 1 N–H and O–H groups in total. The van der Waals surface area contributed by atoms with Crippen molar-refractivity contribution < 1.29 is 33.0 Å². The van der Waals surface area contributed by atoms with Crippen molar-refractivity contribution in [3.63, 3.8) is 0 Å². The predicted octanol–water partition coefficient (Wildman–Crippen LogP) is 2.67. The largest absolute Gasteiger partial charge is 0.457 e. The Hall–Kier alpha value is -0.460. The standard InChI is InChI=1S/C12H23O7P/c1-7-16-9(13)20(14,15)17-8-12(6)10(2,3)18-11(4,5)19-12/h7-8H2,1-6H3,(H,14,15). The molecule has 0 amide bonds. The molecule has 0 saturated carbocycles. The van der Waals surface area contributed by atoms with Gasteiger partial charge in [0.15, 0.2) is 5.79 Å². The number of carbonyl (C=O) groups excluding carboxylic acids is 1. The van der Waals surface area contributed by atoms with Gasteiger partial charge in [-0.2, -0.15) is 0 Å². The number of rotatable bonds is 5. The van der Waals surface area contributed by atoms with Crippen LogP contribution in [0.5, 0.6) is 0 Å². The smallest absolute Gasteiger partial charge is 0.435 e. The van der Waals surface area contributed by atoms with Crippen LogP contribution in [0.25, 0.3) is 0 Å². The van der Waals surface area contributed by atoms with E-state index >= 15 is 0 Å². The Kier molecular flexibility index (Phi) is 4.74. The molecule has 2 unspecified atom stereocenters. The van der Waals surface area contributed by atoms with E-state index in [0.717, 1.165) is 0 Å². The van der Waals surface area contributed by atoms with E-state index in [9.17, 15) is 14.3 Å². The molecule has 1 aliphatic rings. The third-order valence-corrected chi connectivity index (χ3v) is 4.33. The molecule has 0 aromatic rings. The summed E-state index contributed by atoms with van der Waals surface area (Å²) in [5.74, 6) is -0.842.